The number of nitrogens with two attached hydrogens (primary N) is 1. The summed E-state index contributed by atoms with van der Waals surface area (Å²) in [6.07, 6.45) is 2.57. The summed E-state index contributed by atoms with van der Waals surface area (Å²) in [4.78, 5) is 27.4. The first kappa shape index (κ1) is 18.7. The van der Waals surface area contributed by atoms with Gasteiger partial charge < -0.3 is 20.5 Å². The second-order valence-corrected chi connectivity index (χ2v) is 6.18. The molecule has 1 aliphatic heterocycles. The number of hydrogen-bond donors (Lipinski definition) is 2. The van der Waals surface area contributed by atoms with Crippen LogP contribution in [-0.4, -0.2) is 66.1 Å². The topological polar surface area (TPSA) is 114 Å². The van der Waals surface area contributed by atoms with Crippen molar-refractivity contribution in [3.05, 3.63) is 17.8 Å². The van der Waals surface area contributed by atoms with Crippen LogP contribution in [0.15, 0.2) is 22.2 Å². The largest absolute Gasteiger partial charge is 0.354 e. The fourth-order valence-corrected chi connectivity index (χ4v) is 3.26. The number of amidine groups is 1. The Hall–Kier alpha value is -2.66. The molecule has 8 heteroatoms. The molecule has 1 aromatic rings. The number of aliphatic imine (C=N–C) groups is 2. The number of H-pyrrole nitrogens is 1. The molecule has 0 bridgehead atoms. The van der Waals surface area contributed by atoms with Crippen molar-refractivity contribution in [1.82, 2.24) is 14.8 Å². The lowest BCUT2D eigenvalue weighted by molar-refractivity contribution is -0.132. The molecule has 134 valence electrons. The lowest BCUT2D eigenvalue weighted by Crippen LogP contribution is -2.54. The quantitative estimate of drug-likeness (QED) is 0.615. The van der Waals surface area contributed by atoms with Gasteiger partial charge in [-0.1, -0.05) is 6.92 Å². The Morgan fingerprint density at radius 3 is 3.04 bits per heavy atom. The number of aromatic nitrogens is 1. The van der Waals surface area contributed by atoms with Crippen molar-refractivity contribution in [1.29, 1.82) is 5.26 Å². The number of likely N-dealkylation sites (N-methyl/N-ethyl adjacent to an activating group) is 1. The maximum atomic E-state index is 12.1. The maximum absolute atomic E-state index is 12.1. The number of aromatic amines is 1. The van der Waals surface area contributed by atoms with E-state index >= 15 is 0 Å². The molecule has 2 rings (SSSR count). The SMILES string of the molecule is C=Nc1[nH]ccc1C(=NCN)N(C)C1CN(C(=O)CC#N)CCC1C. The molecule has 1 aromatic heterocycles. The van der Waals surface area contributed by atoms with Crippen molar-refractivity contribution >= 4 is 24.3 Å². The van der Waals surface area contributed by atoms with Gasteiger partial charge >= 0.3 is 0 Å². The van der Waals surface area contributed by atoms with Crippen molar-refractivity contribution < 1.29 is 4.79 Å². The Bertz CT molecular complexity index is 687. The lowest BCUT2D eigenvalue weighted by Gasteiger charge is -2.42. The van der Waals surface area contributed by atoms with E-state index < -0.39 is 0 Å². The van der Waals surface area contributed by atoms with Gasteiger partial charge in [-0.15, -0.1) is 0 Å². The molecule has 0 spiro atoms. The van der Waals surface area contributed by atoms with Gasteiger partial charge in [0.05, 0.1) is 24.3 Å². The number of nitrogens with one attached hydrogen (secondary N) is 1. The fourth-order valence-electron chi connectivity index (χ4n) is 3.26. The number of hydrogen-bond acceptors (Lipinski definition) is 5. The number of amides is 1. The molecule has 0 saturated carbocycles. The van der Waals surface area contributed by atoms with Crippen LogP contribution in [-0.2, 0) is 4.79 Å². The molecule has 1 amide bonds. The minimum atomic E-state index is -0.125. The third kappa shape index (κ3) is 4.06. The minimum Gasteiger partial charge on any atom is -0.354 e. The van der Waals surface area contributed by atoms with Gasteiger partial charge in [0.2, 0.25) is 5.91 Å². The van der Waals surface area contributed by atoms with Crippen molar-refractivity contribution in [2.45, 2.75) is 25.8 Å². The molecule has 0 radical (unpaired) electrons. The van der Waals surface area contributed by atoms with Crippen LogP contribution in [0.25, 0.3) is 0 Å². The maximum Gasteiger partial charge on any atom is 0.236 e. The summed E-state index contributed by atoms with van der Waals surface area (Å²) >= 11 is 0. The van der Waals surface area contributed by atoms with Crippen molar-refractivity contribution in [3.63, 3.8) is 0 Å². The molecular weight excluding hydrogens is 318 g/mol. The number of nitrogens with zero attached hydrogens (tertiary/aromatic N) is 5. The highest BCUT2D eigenvalue weighted by atomic mass is 16.2. The molecule has 0 aliphatic carbocycles. The van der Waals surface area contributed by atoms with Crippen LogP contribution in [0.4, 0.5) is 5.82 Å². The highest BCUT2D eigenvalue weighted by Crippen LogP contribution is 2.26. The summed E-state index contributed by atoms with van der Waals surface area (Å²) in [5.41, 5.74) is 6.50. The number of rotatable bonds is 5. The van der Waals surface area contributed by atoms with Gasteiger partial charge in [-0.05, 0) is 25.1 Å². The molecule has 1 fully saturated rings. The zero-order chi connectivity index (χ0) is 18.4. The van der Waals surface area contributed by atoms with E-state index in [9.17, 15) is 4.79 Å². The van der Waals surface area contributed by atoms with E-state index in [1.54, 1.807) is 11.1 Å². The van der Waals surface area contributed by atoms with Gasteiger partial charge in [0, 0.05) is 26.3 Å². The van der Waals surface area contributed by atoms with Crippen LogP contribution in [0.1, 0.15) is 25.3 Å². The van der Waals surface area contributed by atoms with E-state index in [4.69, 9.17) is 11.0 Å². The number of nitriles is 1. The molecule has 2 atom stereocenters. The molecular formula is C17H25N7O. The van der Waals surface area contributed by atoms with Crippen LogP contribution in [0.2, 0.25) is 0 Å². The minimum absolute atomic E-state index is 0.0780. The summed E-state index contributed by atoms with van der Waals surface area (Å²) in [6.45, 7) is 7.13. The average molecular weight is 343 g/mol. The average Bonchev–Trinajstić information content (AvgIpc) is 3.08. The van der Waals surface area contributed by atoms with Gasteiger partial charge in [0.25, 0.3) is 0 Å². The van der Waals surface area contributed by atoms with Crippen LogP contribution in [0.3, 0.4) is 0 Å². The summed E-state index contributed by atoms with van der Waals surface area (Å²) < 4.78 is 0. The summed E-state index contributed by atoms with van der Waals surface area (Å²) in [5.74, 6) is 1.61. The monoisotopic (exact) mass is 343 g/mol. The van der Waals surface area contributed by atoms with Crippen molar-refractivity contribution in [2.24, 2.45) is 21.6 Å². The third-order valence-electron chi connectivity index (χ3n) is 4.70. The number of piperidine rings is 1. The number of carbonyl (C=O) groups excluding carboxylic acids is 1. The summed E-state index contributed by atoms with van der Waals surface area (Å²) in [6, 6.07) is 3.90. The molecule has 1 aliphatic rings. The van der Waals surface area contributed by atoms with E-state index in [1.165, 1.54) is 0 Å². The molecule has 0 aromatic carbocycles. The van der Waals surface area contributed by atoms with Crippen molar-refractivity contribution in [2.75, 3.05) is 26.8 Å². The van der Waals surface area contributed by atoms with Gasteiger partial charge in [0.15, 0.2) is 0 Å². The highest BCUT2D eigenvalue weighted by molar-refractivity contribution is 6.02. The predicted octanol–water partition coefficient (Wildman–Crippen LogP) is 1.09. The van der Waals surface area contributed by atoms with Gasteiger partial charge in [0.1, 0.15) is 18.1 Å². The molecule has 2 heterocycles. The first-order chi connectivity index (χ1) is 12.0. The molecule has 25 heavy (non-hydrogen) atoms. The number of carbonyl (C=O) groups is 1. The smallest absolute Gasteiger partial charge is 0.236 e. The van der Waals surface area contributed by atoms with E-state index in [0.29, 0.717) is 24.8 Å². The van der Waals surface area contributed by atoms with Gasteiger partial charge in [-0.3, -0.25) is 9.79 Å². The van der Waals surface area contributed by atoms with Crippen LogP contribution in [0.5, 0.6) is 0 Å². The van der Waals surface area contributed by atoms with Crippen LogP contribution in [0, 0.1) is 17.2 Å². The normalized spacial score (nSPS) is 20.9. The van der Waals surface area contributed by atoms with Crippen molar-refractivity contribution in [3.8, 4) is 6.07 Å². The highest BCUT2D eigenvalue weighted by Gasteiger charge is 2.33. The predicted molar refractivity (Wildman–Crippen MR) is 97.7 cm³/mol. The molecule has 2 unspecified atom stereocenters. The Morgan fingerprint density at radius 2 is 2.40 bits per heavy atom. The van der Waals surface area contributed by atoms with E-state index in [2.05, 4.69) is 33.5 Å². The fraction of sp³-hybridized carbons (Fsp3) is 0.529. The second-order valence-electron chi connectivity index (χ2n) is 6.18. The van der Waals surface area contributed by atoms with E-state index in [-0.39, 0.29) is 25.0 Å². The Labute approximate surface area is 148 Å². The van der Waals surface area contributed by atoms with Gasteiger partial charge in [-0.2, -0.15) is 5.26 Å². The third-order valence-corrected chi connectivity index (χ3v) is 4.70. The van der Waals surface area contributed by atoms with Crippen LogP contribution < -0.4 is 5.73 Å². The Balaban J connectivity index is 2.26. The molecule has 1 saturated heterocycles. The first-order valence-electron chi connectivity index (χ1n) is 8.30. The standard InChI is InChI=1S/C17H25N7O/c1-12-6-9-24(15(25)4-7-18)10-14(12)23(3)17(22-11-19)13-5-8-21-16(13)20-2/h5,8,12,14,21H,2,4,6,9-11,19H2,1,3H3. The van der Waals surface area contributed by atoms with E-state index in [0.717, 1.165) is 17.8 Å². The van der Waals surface area contributed by atoms with E-state index in [1.807, 2.05) is 19.2 Å². The Morgan fingerprint density at radius 1 is 1.64 bits per heavy atom. The Kier molecular flexibility index (Phi) is 6.31. The second kappa shape index (κ2) is 8.44. The molecule has 3 N–H and O–H groups in total. The zero-order valence-corrected chi connectivity index (χ0v) is 14.8. The first-order valence-corrected chi connectivity index (χ1v) is 8.30. The number of likely N-dealkylation sites (tertiary alicyclic amines) is 1. The lowest BCUT2D eigenvalue weighted by atomic mass is 9.91. The molecule has 8 nitrogen and oxygen atoms in total. The summed E-state index contributed by atoms with van der Waals surface area (Å²) in [5, 5.41) is 8.77. The summed E-state index contributed by atoms with van der Waals surface area (Å²) in [7, 11) is 1.95. The zero-order valence-electron chi connectivity index (χ0n) is 14.8. The van der Waals surface area contributed by atoms with Gasteiger partial charge in [-0.25, -0.2) is 4.99 Å². The van der Waals surface area contributed by atoms with Crippen LogP contribution >= 0.6 is 0 Å².